The van der Waals surface area contributed by atoms with Gasteiger partial charge in [0.2, 0.25) is 0 Å². The number of nitriles is 1. The number of anilines is 3. The fourth-order valence-corrected chi connectivity index (χ4v) is 3.83. The summed E-state index contributed by atoms with van der Waals surface area (Å²) < 4.78 is 0. The number of urea groups is 1. The molecule has 1 aliphatic heterocycles. The van der Waals surface area contributed by atoms with Gasteiger partial charge >= 0.3 is 6.03 Å². The van der Waals surface area contributed by atoms with Gasteiger partial charge in [-0.3, -0.25) is 4.90 Å². The van der Waals surface area contributed by atoms with Crippen LogP contribution in [0, 0.1) is 11.3 Å². The molecule has 1 N–H and O–H groups in total. The van der Waals surface area contributed by atoms with Gasteiger partial charge in [0.25, 0.3) is 0 Å². The van der Waals surface area contributed by atoms with E-state index < -0.39 is 0 Å². The molecular formula is C20H13N3OS. The Labute approximate surface area is 149 Å². The van der Waals surface area contributed by atoms with Crippen LogP contribution in [0.25, 0.3) is 0 Å². The summed E-state index contributed by atoms with van der Waals surface area (Å²) >= 11 is 1.65. The van der Waals surface area contributed by atoms with E-state index >= 15 is 0 Å². The van der Waals surface area contributed by atoms with Gasteiger partial charge < -0.3 is 5.32 Å². The van der Waals surface area contributed by atoms with Gasteiger partial charge in [0.1, 0.15) is 0 Å². The van der Waals surface area contributed by atoms with Crippen molar-refractivity contribution in [2.75, 3.05) is 10.2 Å². The minimum Gasteiger partial charge on any atom is -0.307 e. The van der Waals surface area contributed by atoms with Crippen LogP contribution in [-0.2, 0) is 0 Å². The van der Waals surface area contributed by atoms with Crippen LogP contribution in [0.3, 0.4) is 0 Å². The Bertz CT molecular complexity index is 964. The third-order valence-electron chi connectivity index (χ3n) is 3.88. The van der Waals surface area contributed by atoms with Crippen molar-refractivity contribution in [2.45, 2.75) is 9.79 Å². The first-order valence-corrected chi connectivity index (χ1v) is 8.55. The lowest BCUT2D eigenvalue weighted by Gasteiger charge is -2.31. The summed E-state index contributed by atoms with van der Waals surface area (Å²) in [5.41, 5.74) is 2.80. The van der Waals surface area contributed by atoms with Crippen molar-refractivity contribution in [2.24, 2.45) is 0 Å². The fraction of sp³-hybridized carbons (Fsp3) is 0. The second-order valence-electron chi connectivity index (χ2n) is 5.50. The van der Waals surface area contributed by atoms with Crippen molar-refractivity contribution in [3.05, 3.63) is 78.4 Å². The molecule has 0 radical (unpaired) electrons. The first-order valence-electron chi connectivity index (χ1n) is 7.73. The fourth-order valence-electron chi connectivity index (χ4n) is 2.77. The summed E-state index contributed by atoms with van der Waals surface area (Å²) in [7, 11) is 0. The molecule has 3 aromatic rings. The SMILES string of the molecule is N#Cc1cccc(NC(=O)N2c3ccccc3Sc3ccccc32)c1. The van der Waals surface area contributed by atoms with Gasteiger partial charge in [0, 0.05) is 15.5 Å². The Morgan fingerprint density at radius 2 is 1.56 bits per heavy atom. The number of hydrogen-bond donors (Lipinski definition) is 1. The van der Waals surface area contributed by atoms with Crippen molar-refractivity contribution >= 4 is 34.9 Å². The molecule has 0 aliphatic carbocycles. The summed E-state index contributed by atoms with van der Waals surface area (Å²) in [5, 5.41) is 11.9. The first kappa shape index (κ1) is 15.3. The molecule has 0 spiro atoms. The molecule has 2 amide bonds. The summed E-state index contributed by atoms with van der Waals surface area (Å²) in [6.07, 6.45) is 0. The maximum Gasteiger partial charge on any atom is 0.331 e. The van der Waals surface area contributed by atoms with Gasteiger partial charge in [-0.2, -0.15) is 5.26 Å². The Morgan fingerprint density at radius 3 is 2.20 bits per heavy atom. The number of nitrogens with one attached hydrogen (secondary N) is 1. The van der Waals surface area contributed by atoms with Gasteiger partial charge in [-0.25, -0.2) is 4.79 Å². The molecule has 120 valence electrons. The van der Waals surface area contributed by atoms with Crippen LogP contribution in [0.1, 0.15) is 5.56 Å². The standard InChI is InChI=1S/C20H13N3OS/c21-13-14-6-5-7-15(12-14)22-20(24)23-16-8-1-3-10-18(16)25-19-11-4-2-9-17(19)23/h1-12H,(H,22,24). The number of rotatable bonds is 1. The van der Waals surface area contributed by atoms with Crippen LogP contribution in [0.2, 0.25) is 0 Å². The monoisotopic (exact) mass is 343 g/mol. The topological polar surface area (TPSA) is 56.1 Å². The molecule has 25 heavy (non-hydrogen) atoms. The molecule has 0 saturated heterocycles. The van der Waals surface area contributed by atoms with E-state index in [1.807, 2.05) is 48.5 Å². The maximum atomic E-state index is 13.0. The minimum absolute atomic E-state index is 0.254. The molecule has 0 bridgehead atoms. The molecule has 3 aromatic carbocycles. The smallest absolute Gasteiger partial charge is 0.307 e. The number of amides is 2. The first-order chi connectivity index (χ1) is 12.3. The van der Waals surface area contributed by atoms with Crippen molar-refractivity contribution in [1.29, 1.82) is 5.26 Å². The molecular weight excluding hydrogens is 330 g/mol. The predicted octanol–water partition coefficient (Wildman–Crippen LogP) is 5.39. The highest BCUT2D eigenvalue weighted by Crippen LogP contribution is 2.47. The van der Waals surface area contributed by atoms with Gasteiger partial charge in [0.15, 0.2) is 0 Å². The molecule has 1 aliphatic rings. The molecule has 5 heteroatoms. The van der Waals surface area contributed by atoms with E-state index in [1.54, 1.807) is 40.9 Å². The van der Waals surface area contributed by atoms with E-state index in [-0.39, 0.29) is 6.03 Å². The number of para-hydroxylation sites is 2. The summed E-state index contributed by atoms with van der Waals surface area (Å²) in [4.78, 5) is 16.8. The zero-order valence-electron chi connectivity index (χ0n) is 13.1. The summed E-state index contributed by atoms with van der Waals surface area (Å²) in [6, 6.07) is 24.4. The Kier molecular flexibility index (Phi) is 3.88. The lowest BCUT2D eigenvalue weighted by Crippen LogP contribution is -2.32. The lowest BCUT2D eigenvalue weighted by molar-refractivity contribution is 0.259. The van der Waals surface area contributed by atoms with Crippen molar-refractivity contribution in [3.8, 4) is 6.07 Å². The second kappa shape index (κ2) is 6.34. The van der Waals surface area contributed by atoms with Gasteiger partial charge in [0.05, 0.1) is 23.0 Å². The zero-order valence-corrected chi connectivity index (χ0v) is 14.0. The van der Waals surface area contributed by atoms with Crippen LogP contribution >= 0.6 is 11.8 Å². The molecule has 4 rings (SSSR count). The molecule has 0 fully saturated rings. The van der Waals surface area contributed by atoms with Gasteiger partial charge in [-0.05, 0) is 42.5 Å². The number of hydrogen-bond acceptors (Lipinski definition) is 3. The molecule has 1 heterocycles. The number of fused-ring (bicyclic) bond motifs is 2. The molecule has 4 nitrogen and oxygen atoms in total. The van der Waals surface area contributed by atoms with Gasteiger partial charge in [-0.15, -0.1) is 0 Å². The number of carbonyl (C=O) groups excluding carboxylic acids is 1. The average molecular weight is 343 g/mol. The number of benzene rings is 3. The summed E-state index contributed by atoms with van der Waals surface area (Å²) in [6.45, 7) is 0. The normalized spacial score (nSPS) is 11.9. The van der Waals surface area contributed by atoms with E-state index in [0.29, 0.717) is 11.3 Å². The van der Waals surface area contributed by atoms with E-state index in [1.165, 1.54) is 0 Å². The predicted molar refractivity (Wildman–Crippen MR) is 99.3 cm³/mol. The molecule has 0 unspecified atom stereocenters. The van der Waals surface area contributed by atoms with Crippen LogP contribution in [0.5, 0.6) is 0 Å². The maximum absolute atomic E-state index is 13.0. The van der Waals surface area contributed by atoms with Crippen LogP contribution < -0.4 is 10.2 Å². The van der Waals surface area contributed by atoms with Crippen LogP contribution in [-0.4, -0.2) is 6.03 Å². The quantitative estimate of drug-likeness (QED) is 0.644. The lowest BCUT2D eigenvalue weighted by atomic mass is 10.2. The van der Waals surface area contributed by atoms with Crippen LogP contribution in [0.15, 0.2) is 82.6 Å². The van der Waals surface area contributed by atoms with Crippen molar-refractivity contribution in [1.82, 2.24) is 0 Å². The second-order valence-corrected chi connectivity index (χ2v) is 6.58. The Balaban J connectivity index is 1.74. The molecule has 0 atom stereocenters. The van der Waals surface area contributed by atoms with E-state index in [9.17, 15) is 4.79 Å². The number of carbonyl (C=O) groups is 1. The van der Waals surface area contributed by atoms with E-state index in [0.717, 1.165) is 21.2 Å². The Morgan fingerprint density at radius 1 is 0.920 bits per heavy atom. The minimum atomic E-state index is -0.254. The molecule has 0 saturated carbocycles. The third-order valence-corrected chi connectivity index (χ3v) is 5.01. The Hall–Kier alpha value is -3.23. The largest absolute Gasteiger partial charge is 0.331 e. The zero-order chi connectivity index (χ0) is 17.2. The highest BCUT2D eigenvalue weighted by molar-refractivity contribution is 7.99. The summed E-state index contributed by atoms with van der Waals surface area (Å²) in [5.74, 6) is 0. The highest BCUT2D eigenvalue weighted by Gasteiger charge is 2.27. The van der Waals surface area contributed by atoms with E-state index in [4.69, 9.17) is 5.26 Å². The van der Waals surface area contributed by atoms with Gasteiger partial charge in [-0.1, -0.05) is 42.1 Å². The van der Waals surface area contributed by atoms with Crippen LogP contribution in [0.4, 0.5) is 21.9 Å². The third kappa shape index (κ3) is 2.84. The molecule has 0 aromatic heterocycles. The van der Waals surface area contributed by atoms with Crippen molar-refractivity contribution < 1.29 is 4.79 Å². The van der Waals surface area contributed by atoms with Crippen molar-refractivity contribution in [3.63, 3.8) is 0 Å². The highest BCUT2D eigenvalue weighted by atomic mass is 32.2. The average Bonchev–Trinajstić information content (AvgIpc) is 2.66. The number of nitrogens with zero attached hydrogens (tertiary/aromatic N) is 2. The van der Waals surface area contributed by atoms with E-state index in [2.05, 4.69) is 11.4 Å².